The lowest BCUT2D eigenvalue weighted by atomic mass is 10.2. The highest BCUT2D eigenvalue weighted by Gasteiger charge is 2.17. The highest BCUT2D eigenvalue weighted by molar-refractivity contribution is 7.89. The first-order valence-corrected chi connectivity index (χ1v) is 10.8. The quantitative estimate of drug-likeness (QED) is 0.568. The van der Waals surface area contributed by atoms with Crippen LogP contribution in [0.2, 0.25) is 0 Å². The summed E-state index contributed by atoms with van der Waals surface area (Å²) in [5, 5.41) is 0. The van der Waals surface area contributed by atoms with E-state index in [-0.39, 0.29) is 11.4 Å². The van der Waals surface area contributed by atoms with Crippen molar-refractivity contribution in [3.05, 3.63) is 60.0 Å². The Labute approximate surface area is 170 Å². The van der Waals surface area contributed by atoms with E-state index < -0.39 is 10.0 Å². The van der Waals surface area contributed by atoms with Gasteiger partial charge < -0.3 is 13.9 Å². The summed E-state index contributed by atoms with van der Waals surface area (Å²) in [5.74, 6) is 1.63. The summed E-state index contributed by atoms with van der Waals surface area (Å²) < 4.78 is 44.3. The minimum absolute atomic E-state index is 0.0233. The van der Waals surface area contributed by atoms with Gasteiger partial charge in [0.25, 0.3) is 0 Å². The van der Waals surface area contributed by atoms with Crippen LogP contribution in [-0.4, -0.2) is 26.6 Å². The van der Waals surface area contributed by atoms with E-state index in [9.17, 15) is 8.42 Å². The number of sulfonamides is 1. The van der Waals surface area contributed by atoms with Gasteiger partial charge in [0, 0.05) is 5.56 Å². The Morgan fingerprint density at radius 3 is 2.48 bits per heavy atom. The monoisotopic (exact) mass is 416 g/mol. The number of nitrogens with zero attached hydrogens (tertiary/aromatic N) is 1. The van der Waals surface area contributed by atoms with Crippen LogP contribution < -0.4 is 14.2 Å². The summed E-state index contributed by atoms with van der Waals surface area (Å²) in [4.78, 5) is 4.63. The van der Waals surface area contributed by atoms with Gasteiger partial charge in [-0.15, -0.1) is 0 Å². The van der Waals surface area contributed by atoms with Crippen LogP contribution in [0.4, 0.5) is 0 Å². The standard InChI is InChI=1S/C21H24N2O5S/c1-4-26-18-11-10-16(12-19(18)27-5-2)21-23-17(14-28-21)13-22-29(24,25)20-9-7-6-8-15(20)3/h6-12,14,22H,4-5,13H2,1-3H3. The molecule has 0 aliphatic heterocycles. The average Bonchev–Trinajstić information content (AvgIpc) is 3.18. The molecule has 0 saturated carbocycles. The van der Waals surface area contributed by atoms with Gasteiger partial charge >= 0.3 is 0 Å². The van der Waals surface area contributed by atoms with Gasteiger partial charge in [0.15, 0.2) is 11.5 Å². The van der Waals surface area contributed by atoms with Crippen molar-refractivity contribution < 1.29 is 22.3 Å². The van der Waals surface area contributed by atoms with Crippen LogP contribution in [0.1, 0.15) is 25.1 Å². The van der Waals surface area contributed by atoms with Crippen molar-refractivity contribution in [2.45, 2.75) is 32.2 Å². The van der Waals surface area contributed by atoms with E-state index in [1.165, 1.54) is 6.26 Å². The lowest BCUT2D eigenvalue weighted by Gasteiger charge is -2.11. The average molecular weight is 416 g/mol. The normalized spacial score (nSPS) is 11.4. The van der Waals surface area contributed by atoms with Crippen LogP contribution in [0.15, 0.2) is 58.0 Å². The molecule has 1 aromatic heterocycles. The fourth-order valence-electron chi connectivity index (χ4n) is 2.81. The predicted octanol–water partition coefficient (Wildman–Crippen LogP) is 3.93. The Bertz CT molecular complexity index is 1080. The first-order valence-electron chi connectivity index (χ1n) is 9.34. The van der Waals surface area contributed by atoms with E-state index in [1.54, 1.807) is 43.3 Å². The molecule has 1 heterocycles. The van der Waals surface area contributed by atoms with Gasteiger partial charge in [-0.2, -0.15) is 0 Å². The predicted molar refractivity (Wildman–Crippen MR) is 109 cm³/mol. The number of hydrogen-bond acceptors (Lipinski definition) is 6. The van der Waals surface area contributed by atoms with Gasteiger partial charge in [0.05, 0.1) is 30.3 Å². The molecule has 0 unspecified atom stereocenters. The molecule has 0 aliphatic carbocycles. The molecule has 8 heteroatoms. The fourth-order valence-corrected chi connectivity index (χ4v) is 4.05. The zero-order valence-electron chi connectivity index (χ0n) is 16.6. The third kappa shape index (κ3) is 4.96. The van der Waals surface area contributed by atoms with E-state index in [1.807, 2.05) is 19.9 Å². The zero-order valence-corrected chi connectivity index (χ0v) is 17.5. The highest BCUT2D eigenvalue weighted by atomic mass is 32.2. The molecule has 0 radical (unpaired) electrons. The summed E-state index contributed by atoms with van der Waals surface area (Å²) in [7, 11) is -3.64. The third-order valence-corrected chi connectivity index (χ3v) is 5.73. The largest absolute Gasteiger partial charge is 0.490 e. The SMILES string of the molecule is CCOc1ccc(-c2nc(CNS(=O)(=O)c3ccccc3C)co2)cc1OCC. The number of hydrogen-bond donors (Lipinski definition) is 1. The van der Waals surface area contributed by atoms with E-state index in [0.29, 0.717) is 47.4 Å². The number of nitrogens with one attached hydrogen (secondary N) is 1. The number of ether oxygens (including phenoxy) is 2. The van der Waals surface area contributed by atoms with Gasteiger partial charge in [-0.05, 0) is 50.6 Å². The Morgan fingerprint density at radius 1 is 1.03 bits per heavy atom. The molecule has 1 N–H and O–H groups in total. The Morgan fingerprint density at radius 2 is 1.76 bits per heavy atom. The number of rotatable bonds is 9. The van der Waals surface area contributed by atoms with Gasteiger partial charge in [-0.25, -0.2) is 18.1 Å². The second kappa shape index (κ2) is 9.11. The van der Waals surface area contributed by atoms with Crippen LogP contribution in [0.25, 0.3) is 11.5 Å². The molecule has 7 nitrogen and oxygen atoms in total. The van der Waals surface area contributed by atoms with Crippen molar-refractivity contribution in [2.24, 2.45) is 0 Å². The van der Waals surface area contributed by atoms with Crippen molar-refractivity contribution in [1.82, 2.24) is 9.71 Å². The Balaban J connectivity index is 1.76. The topological polar surface area (TPSA) is 90.7 Å². The molecule has 0 atom stereocenters. The molecule has 0 bridgehead atoms. The van der Waals surface area contributed by atoms with E-state index in [0.717, 1.165) is 0 Å². The number of aryl methyl sites for hydroxylation is 1. The number of aromatic nitrogens is 1. The van der Waals surface area contributed by atoms with Crippen molar-refractivity contribution in [1.29, 1.82) is 0 Å². The Kier molecular flexibility index (Phi) is 6.56. The van der Waals surface area contributed by atoms with Crippen molar-refractivity contribution >= 4 is 10.0 Å². The number of benzene rings is 2. The summed E-state index contributed by atoms with van der Waals surface area (Å²) >= 11 is 0. The molecule has 154 valence electrons. The summed E-state index contributed by atoms with van der Waals surface area (Å²) in [6.07, 6.45) is 1.44. The van der Waals surface area contributed by atoms with Crippen LogP contribution in [0.5, 0.6) is 11.5 Å². The molecular weight excluding hydrogens is 392 g/mol. The minimum Gasteiger partial charge on any atom is -0.490 e. The lowest BCUT2D eigenvalue weighted by molar-refractivity contribution is 0.288. The molecule has 2 aromatic carbocycles. The molecule has 3 rings (SSSR count). The maximum atomic E-state index is 12.5. The molecule has 0 fully saturated rings. The van der Waals surface area contributed by atoms with Crippen LogP contribution in [-0.2, 0) is 16.6 Å². The van der Waals surface area contributed by atoms with Gasteiger partial charge in [-0.3, -0.25) is 0 Å². The third-order valence-electron chi connectivity index (χ3n) is 4.17. The minimum atomic E-state index is -3.64. The first-order chi connectivity index (χ1) is 13.9. The maximum absolute atomic E-state index is 12.5. The maximum Gasteiger partial charge on any atom is 0.241 e. The molecule has 0 spiro atoms. The summed E-state index contributed by atoms with van der Waals surface area (Å²) in [6, 6.07) is 12.2. The summed E-state index contributed by atoms with van der Waals surface area (Å²) in [5.41, 5.74) is 1.87. The molecule has 0 saturated heterocycles. The first kappa shape index (κ1) is 20.9. The zero-order chi connectivity index (χ0) is 20.9. The molecule has 0 amide bonds. The van der Waals surface area contributed by atoms with E-state index in [2.05, 4.69) is 9.71 Å². The van der Waals surface area contributed by atoms with E-state index >= 15 is 0 Å². The highest BCUT2D eigenvalue weighted by Crippen LogP contribution is 2.32. The molecule has 0 aliphatic rings. The molecular formula is C21H24N2O5S. The fraction of sp³-hybridized carbons (Fsp3) is 0.286. The summed E-state index contributed by atoms with van der Waals surface area (Å²) in [6.45, 7) is 6.61. The van der Waals surface area contributed by atoms with Crippen LogP contribution in [0, 0.1) is 6.92 Å². The second-order valence-electron chi connectivity index (χ2n) is 6.26. The van der Waals surface area contributed by atoms with Crippen molar-refractivity contribution in [3.8, 4) is 23.0 Å². The van der Waals surface area contributed by atoms with Gasteiger partial charge in [-0.1, -0.05) is 18.2 Å². The lowest BCUT2D eigenvalue weighted by Crippen LogP contribution is -2.24. The smallest absolute Gasteiger partial charge is 0.241 e. The van der Waals surface area contributed by atoms with Crippen LogP contribution in [0.3, 0.4) is 0 Å². The van der Waals surface area contributed by atoms with Gasteiger partial charge in [0.2, 0.25) is 15.9 Å². The Hall–Kier alpha value is -2.84. The molecule has 3 aromatic rings. The molecule has 29 heavy (non-hydrogen) atoms. The van der Waals surface area contributed by atoms with Gasteiger partial charge in [0.1, 0.15) is 6.26 Å². The number of oxazole rings is 1. The second-order valence-corrected chi connectivity index (χ2v) is 8.00. The van der Waals surface area contributed by atoms with Crippen molar-refractivity contribution in [3.63, 3.8) is 0 Å². The van der Waals surface area contributed by atoms with Crippen molar-refractivity contribution in [2.75, 3.05) is 13.2 Å². The van der Waals surface area contributed by atoms with Crippen LogP contribution >= 0.6 is 0 Å². The van der Waals surface area contributed by atoms with E-state index in [4.69, 9.17) is 13.9 Å².